The minimum Gasteiger partial charge on any atom is -0.305 e. The van der Waals surface area contributed by atoms with Crippen molar-refractivity contribution in [2.75, 3.05) is 0 Å². The van der Waals surface area contributed by atoms with Crippen LogP contribution in [0.25, 0.3) is 0 Å². The van der Waals surface area contributed by atoms with Crippen molar-refractivity contribution in [2.24, 2.45) is 0 Å². The Kier molecular flexibility index (Phi) is 4.44. The molecule has 0 aliphatic carbocycles. The Balaban J connectivity index is 1.92. The molecule has 1 nitrogen and oxygen atoms in total. The van der Waals surface area contributed by atoms with Gasteiger partial charge in [-0.2, -0.15) is 0 Å². The predicted octanol–water partition coefficient (Wildman–Crippen LogP) is 5.08. The highest BCUT2D eigenvalue weighted by Crippen LogP contribution is 2.32. The normalized spacial score (nSPS) is 12.9. The van der Waals surface area contributed by atoms with Crippen LogP contribution >= 0.6 is 50.2 Å². The fourth-order valence-corrected chi connectivity index (χ4v) is 3.87. The molecule has 86 valence electrons. The molecule has 0 fully saturated rings. The highest BCUT2D eigenvalue weighted by atomic mass is 79.9. The lowest BCUT2D eigenvalue weighted by molar-refractivity contribution is 0.587. The average molecular weight is 337 g/mol. The van der Waals surface area contributed by atoms with Crippen molar-refractivity contribution in [3.63, 3.8) is 0 Å². The van der Waals surface area contributed by atoms with Crippen LogP contribution in [-0.4, -0.2) is 0 Å². The van der Waals surface area contributed by atoms with E-state index in [1.165, 1.54) is 9.75 Å². The monoisotopic (exact) mass is 335 g/mol. The lowest BCUT2D eigenvalue weighted by atomic mass is 10.3. The van der Waals surface area contributed by atoms with Crippen molar-refractivity contribution >= 4 is 50.2 Å². The Bertz CT molecular complexity index is 433. The molecule has 2 rings (SSSR count). The molecular formula is C11H11BrClNS2. The summed E-state index contributed by atoms with van der Waals surface area (Å²) in [6.07, 6.45) is 0. The fourth-order valence-electron chi connectivity index (χ4n) is 1.37. The number of nitrogens with one attached hydrogen (secondary N) is 1. The summed E-state index contributed by atoms with van der Waals surface area (Å²) in [6, 6.07) is 6.69. The summed E-state index contributed by atoms with van der Waals surface area (Å²) in [4.78, 5) is 2.61. The smallest absolute Gasteiger partial charge is 0.107 e. The highest BCUT2D eigenvalue weighted by Gasteiger charge is 2.08. The van der Waals surface area contributed by atoms with Gasteiger partial charge in [0.2, 0.25) is 0 Å². The van der Waals surface area contributed by atoms with Crippen LogP contribution < -0.4 is 5.32 Å². The first-order valence-corrected chi connectivity index (χ1v) is 7.74. The zero-order chi connectivity index (χ0) is 11.5. The predicted molar refractivity (Wildman–Crippen MR) is 76.6 cm³/mol. The number of hydrogen-bond acceptors (Lipinski definition) is 3. The maximum atomic E-state index is 5.99. The third kappa shape index (κ3) is 3.08. The summed E-state index contributed by atoms with van der Waals surface area (Å²) < 4.78 is 1.81. The molecule has 2 aromatic rings. The Morgan fingerprint density at radius 1 is 1.56 bits per heavy atom. The van der Waals surface area contributed by atoms with Gasteiger partial charge in [0.05, 0.1) is 0 Å². The molecule has 0 spiro atoms. The van der Waals surface area contributed by atoms with Gasteiger partial charge in [-0.05, 0) is 40.4 Å². The first-order chi connectivity index (χ1) is 7.66. The summed E-state index contributed by atoms with van der Waals surface area (Å²) in [5.41, 5.74) is 0. The van der Waals surface area contributed by atoms with Crippen LogP contribution in [-0.2, 0) is 6.54 Å². The molecule has 0 aliphatic rings. The van der Waals surface area contributed by atoms with Gasteiger partial charge in [0.25, 0.3) is 0 Å². The van der Waals surface area contributed by atoms with Crippen LogP contribution in [0.3, 0.4) is 0 Å². The van der Waals surface area contributed by atoms with E-state index in [9.17, 15) is 0 Å². The van der Waals surface area contributed by atoms with Gasteiger partial charge in [-0.25, -0.2) is 0 Å². The van der Waals surface area contributed by atoms with Crippen LogP contribution in [0.5, 0.6) is 0 Å². The van der Waals surface area contributed by atoms with Crippen molar-refractivity contribution < 1.29 is 0 Å². The van der Waals surface area contributed by atoms with E-state index in [1.807, 2.05) is 0 Å². The molecule has 0 saturated carbocycles. The zero-order valence-corrected chi connectivity index (χ0v) is 12.6. The number of halogens is 2. The van der Waals surface area contributed by atoms with Crippen LogP contribution in [0.1, 0.15) is 22.7 Å². The molecule has 1 N–H and O–H groups in total. The van der Waals surface area contributed by atoms with E-state index < -0.39 is 0 Å². The van der Waals surface area contributed by atoms with E-state index in [0.717, 1.165) is 15.4 Å². The van der Waals surface area contributed by atoms with E-state index in [4.69, 9.17) is 11.6 Å². The van der Waals surface area contributed by atoms with E-state index in [0.29, 0.717) is 6.04 Å². The molecule has 2 aromatic heterocycles. The van der Waals surface area contributed by atoms with Gasteiger partial charge in [-0.15, -0.1) is 22.7 Å². The lowest BCUT2D eigenvalue weighted by Gasteiger charge is -2.10. The quantitative estimate of drug-likeness (QED) is 0.821. The summed E-state index contributed by atoms with van der Waals surface area (Å²) in [7, 11) is 0. The molecule has 5 heteroatoms. The van der Waals surface area contributed by atoms with Gasteiger partial charge in [0.15, 0.2) is 0 Å². The maximum Gasteiger partial charge on any atom is 0.107 e. The molecule has 0 saturated heterocycles. The van der Waals surface area contributed by atoms with Gasteiger partial charge in [-0.3, -0.25) is 0 Å². The van der Waals surface area contributed by atoms with Crippen molar-refractivity contribution in [2.45, 2.75) is 19.5 Å². The lowest BCUT2D eigenvalue weighted by Crippen LogP contribution is -2.16. The van der Waals surface area contributed by atoms with Crippen LogP contribution in [0.15, 0.2) is 28.1 Å². The van der Waals surface area contributed by atoms with E-state index in [-0.39, 0.29) is 0 Å². The van der Waals surface area contributed by atoms with Crippen LogP contribution in [0.2, 0.25) is 4.34 Å². The minimum absolute atomic E-state index is 0.389. The molecule has 0 radical (unpaired) electrons. The Hall–Kier alpha value is 0.130. The van der Waals surface area contributed by atoms with Crippen molar-refractivity contribution in [3.05, 3.63) is 42.1 Å². The third-order valence-electron chi connectivity index (χ3n) is 2.25. The van der Waals surface area contributed by atoms with Gasteiger partial charge >= 0.3 is 0 Å². The topological polar surface area (TPSA) is 12.0 Å². The molecule has 0 aliphatic heterocycles. The van der Waals surface area contributed by atoms with E-state index >= 15 is 0 Å². The standard InChI is InChI=1S/C11H11BrClNS2/c1-7(10-3-2-4-15-10)14-6-8-5-9(12)11(13)16-8/h2-5,7,14H,6H2,1H3/t7-/m0/s1. The minimum atomic E-state index is 0.389. The van der Waals surface area contributed by atoms with Crippen molar-refractivity contribution in [1.29, 1.82) is 0 Å². The van der Waals surface area contributed by atoms with E-state index in [2.05, 4.69) is 51.7 Å². The maximum absolute atomic E-state index is 5.99. The van der Waals surface area contributed by atoms with Gasteiger partial charge in [0, 0.05) is 26.8 Å². The molecule has 2 heterocycles. The molecule has 0 bridgehead atoms. The SMILES string of the molecule is C[C@H](NCc1cc(Br)c(Cl)s1)c1cccs1. The van der Waals surface area contributed by atoms with E-state index in [1.54, 1.807) is 22.7 Å². The summed E-state index contributed by atoms with van der Waals surface area (Å²) in [5, 5.41) is 5.59. The van der Waals surface area contributed by atoms with Crippen LogP contribution in [0.4, 0.5) is 0 Å². The molecule has 1 atom stereocenters. The second-order valence-corrected chi connectivity index (χ2v) is 7.02. The van der Waals surface area contributed by atoms with Crippen molar-refractivity contribution in [1.82, 2.24) is 5.32 Å². The first-order valence-electron chi connectivity index (χ1n) is 4.87. The second kappa shape index (κ2) is 5.65. The van der Waals surface area contributed by atoms with Gasteiger partial charge < -0.3 is 5.32 Å². The summed E-state index contributed by atoms with van der Waals surface area (Å²) in [5.74, 6) is 0. The Morgan fingerprint density at radius 2 is 2.38 bits per heavy atom. The highest BCUT2D eigenvalue weighted by molar-refractivity contribution is 9.10. The van der Waals surface area contributed by atoms with Gasteiger partial charge in [0.1, 0.15) is 4.34 Å². The third-order valence-corrected chi connectivity index (χ3v) is 5.78. The number of thiophene rings is 2. The fraction of sp³-hybridized carbons (Fsp3) is 0.273. The Labute approximate surface area is 117 Å². The molecule has 16 heavy (non-hydrogen) atoms. The average Bonchev–Trinajstić information content (AvgIpc) is 2.86. The molecule has 0 amide bonds. The zero-order valence-electron chi connectivity index (χ0n) is 8.67. The molecule has 0 unspecified atom stereocenters. The Morgan fingerprint density at radius 3 is 2.94 bits per heavy atom. The first kappa shape index (κ1) is 12.6. The van der Waals surface area contributed by atoms with Crippen LogP contribution in [0, 0.1) is 0 Å². The summed E-state index contributed by atoms with van der Waals surface area (Å²) in [6.45, 7) is 3.03. The number of rotatable bonds is 4. The molecular weight excluding hydrogens is 326 g/mol. The van der Waals surface area contributed by atoms with Crippen molar-refractivity contribution in [3.8, 4) is 0 Å². The molecule has 0 aromatic carbocycles. The summed E-state index contributed by atoms with van der Waals surface area (Å²) >= 11 is 12.8. The van der Waals surface area contributed by atoms with Gasteiger partial charge in [-0.1, -0.05) is 17.7 Å². The second-order valence-electron chi connectivity index (χ2n) is 3.45. The largest absolute Gasteiger partial charge is 0.305 e. The number of hydrogen-bond donors (Lipinski definition) is 1.